The van der Waals surface area contributed by atoms with Gasteiger partial charge < -0.3 is 0 Å². The Morgan fingerprint density at radius 3 is 1.86 bits per heavy atom. The number of aliphatic imine (C=N–C) groups is 1. The van der Waals surface area contributed by atoms with Crippen LogP contribution in [-0.2, 0) is 20.4 Å². The average molecular weight is 405 g/mol. The lowest BCUT2D eigenvalue weighted by molar-refractivity contribution is -0.122. The smallest absolute Gasteiger partial charge is 0.264 e. The number of carbonyl (C=O) groups is 1. The van der Waals surface area contributed by atoms with Crippen LogP contribution in [0.4, 0.5) is 0 Å². The van der Waals surface area contributed by atoms with Crippen molar-refractivity contribution in [1.82, 2.24) is 10.0 Å². The highest BCUT2D eigenvalue weighted by molar-refractivity contribution is 7.90. The zero-order chi connectivity index (χ0) is 20.5. The summed E-state index contributed by atoms with van der Waals surface area (Å²) in [5.74, 6) is -0.528. The van der Waals surface area contributed by atoms with Crippen molar-refractivity contribution in [3.8, 4) is 0 Å². The second kappa shape index (κ2) is 7.18. The Morgan fingerprint density at radius 2 is 1.34 bits per heavy atom. The molecule has 0 unspecified atom stereocenters. The topological polar surface area (TPSA) is 87.6 Å². The Labute approximate surface area is 169 Å². The Bertz CT molecular complexity index is 1130. The number of benzene rings is 3. The number of sulfonamides is 1. The molecule has 0 atom stereocenters. The molecule has 0 saturated carbocycles. The number of hydrogen-bond acceptors (Lipinski definition) is 4. The summed E-state index contributed by atoms with van der Waals surface area (Å²) in [6.45, 7) is 1.87. The van der Waals surface area contributed by atoms with E-state index in [2.05, 4.69) is 15.0 Å². The van der Waals surface area contributed by atoms with E-state index in [9.17, 15) is 13.2 Å². The molecule has 2 N–H and O–H groups in total. The Balaban J connectivity index is 1.78. The predicted molar refractivity (Wildman–Crippen MR) is 111 cm³/mol. The fraction of sp³-hybridized carbons (Fsp3) is 0.0909. The van der Waals surface area contributed by atoms with Crippen molar-refractivity contribution < 1.29 is 13.2 Å². The van der Waals surface area contributed by atoms with Crippen molar-refractivity contribution in [2.45, 2.75) is 17.4 Å². The van der Waals surface area contributed by atoms with Gasteiger partial charge in [0.05, 0.1) is 4.90 Å². The van der Waals surface area contributed by atoms with Gasteiger partial charge in [-0.2, -0.15) is 0 Å². The zero-order valence-corrected chi connectivity index (χ0v) is 16.5. The minimum absolute atomic E-state index is 0.0944. The van der Waals surface area contributed by atoms with E-state index >= 15 is 0 Å². The number of amides is 1. The molecule has 6 nitrogen and oxygen atoms in total. The minimum Gasteiger partial charge on any atom is -0.293 e. The summed E-state index contributed by atoms with van der Waals surface area (Å²) >= 11 is 0. The van der Waals surface area contributed by atoms with Gasteiger partial charge in [-0.3, -0.25) is 10.1 Å². The molecule has 29 heavy (non-hydrogen) atoms. The van der Waals surface area contributed by atoms with Gasteiger partial charge in [0, 0.05) is 0 Å². The highest BCUT2D eigenvalue weighted by Gasteiger charge is 2.47. The van der Waals surface area contributed by atoms with E-state index in [4.69, 9.17) is 0 Å². The molecule has 1 amide bonds. The van der Waals surface area contributed by atoms with Gasteiger partial charge in [0.2, 0.25) is 5.96 Å². The van der Waals surface area contributed by atoms with Crippen molar-refractivity contribution in [2.24, 2.45) is 4.99 Å². The summed E-state index contributed by atoms with van der Waals surface area (Å²) in [7, 11) is -3.89. The minimum atomic E-state index is -3.89. The van der Waals surface area contributed by atoms with E-state index in [0.29, 0.717) is 11.1 Å². The Kier molecular flexibility index (Phi) is 4.68. The second-order valence-corrected chi connectivity index (χ2v) is 8.46. The van der Waals surface area contributed by atoms with Crippen molar-refractivity contribution in [3.63, 3.8) is 0 Å². The first-order valence-corrected chi connectivity index (χ1v) is 10.5. The molecule has 0 aromatic heterocycles. The molecule has 7 heteroatoms. The average Bonchev–Trinajstić information content (AvgIpc) is 3.05. The molecule has 0 radical (unpaired) electrons. The summed E-state index contributed by atoms with van der Waals surface area (Å²) in [5, 5.41) is 2.60. The number of nitrogens with zero attached hydrogens (tertiary/aromatic N) is 1. The largest absolute Gasteiger partial charge is 0.293 e. The molecule has 146 valence electrons. The van der Waals surface area contributed by atoms with Gasteiger partial charge >= 0.3 is 0 Å². The van der Waals surface area contributed by atoms with Crippen LogP contribution in [0.15, 0.2) is 94.8 Å². The van der Waals surface area contributed by atoms with Gasteiger partial charge in [0.15, 0.2) is 5.54 Å². The maximum absolute atomic E-state index is 13.1. The molecule has 0 bridgehead atoms. The third kappa shape index (κ3) is 3.40. The summed E-state index contributed by atoms with van der Waals surface area (Å²) in [5.41, 5.74) is 0.872. The zero-order valence-electron chi connectivity index (χ0n) is 15.7. The maximum atomic E-state index is 13.1. The van der Waals surface area contributed by atoms with Crippen LogP contribution in [0.5, 0.6) is 0 Å². The summed E-state index contributed by atoms with van der Waals surface area (Å²) in [6.07, 6.45) is 0. The van der Waals surface area contributed by atoms with Gasteiger partial charge in [0.1, 0.15) is 0 Å². The van der Waals surface area contributed by atoms with E-state index < -0.39 is 21.5 Å². The lowest BCUT2D eigenvalue weighted by atomic mass is 9.83. The number of nitrogens with one attached hydrogen (secondary N) is 2. The highest BCUT2D eigenvalue weighted by Crippen LogP contribution is 2.36. The van der Waals surface area contributed by atoms with Crippen LogP contribution in [0.2, 0.25) is 0 Å². The van der Waals surface area contributed by atoms with Crippen molar-refractivity contribution in [1.29, 1.82) is 0 Å². The van der Waals surface area contributed by atoms with Crippen LogP contribution in [-0.4, -0.2) is 20.3 Å². The predicted octanol–water partition coefficient (Wildman–Crippen LogP) is 2.70. The van der Waals surface area contributed by atoms with Crippen LogP contribution in [0, 0.1) is 6.92 Å². The lowest BCUT2D eigenvalue weighted by Crippen LogP contribution is -2.42. The number of guanidine groups is 1. The molecule has 4 rings (SSSR count). The van der Waals surface area contributed by atoms with E-state index in [1.165, 1.54) is 12.1 Å². The molecule has 1 heterocycles. The van der Waals surface area contributed by atoms with Crippen LogP contribution in [0.25, 0.3) is 0 Å². The van der Waals surface area contributed by atoms with E-state index in [-0.39, 0.29) is 10.9 Å². The van der Waals surface area contributed by atoms with Crippen molar-refractivity contribution in [3.05, 3.63) is 102 Å². The molecule has 0 aliphatic carbocycles. The van der Waals surface area contributed by atoms with E-state index in [1.807, 2.05) is 43.3 Å². The third-order valence-electron chi connectivity index (χ3n) is 4.79. The van der Waals surface area contributed by atoms with Crippen molar-refractivity contribution in [2.75, 3.05) is 0 Å². The van der Waals surface area contributed by atoms with Gasteiger partial charge in [-0.15, -0.1) is 0 Å². The Morgan fingerprint density at radius 1 is 0.828 bits per heavy atom. The van der Waals surface area contributed by atoms with Crippen molar-refractivity contribution >= 4 is 21.9 Å². The molecular weight excluding hydrogens is 386 g/mol. The molecule has 3 aromatic carbocycles. The normalized spacial score (nSPS) is 15.5. The molecule has 1 aliphatic rings. The Hall–Kier alpha value is -3.45. The van der Waals surface area contributed by atoms with Gasteiger partial charge in [-0.1, -0.05) is 78.4 Å². The first-order valence-electron chi connectivity index (χ1n) is 9.04. The lowest BCUT2D eigenvalue weighted by Gasteiger charge is -2.24. The molecule has 0 fully saturated rings. The summed E-state index contributed by atoms with van der Waals surface area (Å²) in [6, 6.07) is 24.6. The standard InChI is InChI=1S/C22H19N3O3S/c1-16-12-14-19(15-13-16)29(27,28)25-21-23-20(26)22(24-21,17-8-4-2-5-9-17)18-10-6-3-7-11-18/h2-15H,1H3,(H2,23,24,25,26). The molecule has 1 aliphatic heterocycles. The van der Waals surface area contributed by atoms with E-state index in [0.717, 1.165) is 5.56 Å². The van der Waals surface area contributed by atoms with Crippen LogP contribution < -0.4 is 10.0 Å². The number of aryl methyl sites for hydroxylation is 1. The highest BCUT2D eigenvalue weighted by atomic mass is 32.2. The fourth-order valence-electron chi connectivity index (χ4n) is 3.31. The van der Waals surface area contributed by atoms with Crippen LogP contribution in [0.1, 0.15) is 16.7 Å². The summed E-state index contributed by atoms with van der Waals surface area (Å²) < 4.78 is 27.9. The maximum Gasteiger partial charge on any atom is 0.264 e. The van der Waals surface area contributed by atoms with Gasteiger partial charge in [0.25, 0.3) is 15.9 Å². The molecule has 0 saturated heterocycles. The monoisotopic (exact) mass is 405 g/mol. The quantitative estimate of drug-likeness (QED) is 0.700. The SMILES string of the molecule is Cc1ccc(S(=O)(=O)NC2=NC(c3ccccc3)(c3ccccc3)C(=O)N2)cc1. The molecular formula is C22H19N3O3S. The van der Waals surface area contributed by atoms with E-state index in [1.54, 1.807) is 36.4 Å². The number of carbonyl (C=O) groups excluding carboxylic acids is 1. The summed E-state index contributed by atoms with van der Waals surface area (Å²) in [4.78, 5) is 17.7. The van der Waals surface area contributed by atoms with Crippen LogP contribution >= 0.6 is 0 Å². The number of rotatable bonds is 4. The third-order valence-corrected chi connectivity index (χ3v) is 6.14. The first kappa shape index (κ1) is 18.9. The second-order valence-electron chi connectivity index (χ2n) is 6.78. The first-order chi connectivity index (χ1) is 13.9. The van der Waals surface area contributed by atoms with Crippen LogP contribution in [0.3, 0.4) is 0 Å². The van der Waals surface area contributed by atoms with Gasteiger partial charge in [-0.05, 0) is 30.2 Å². The molecule has 3 aromatic rings. The molecule has 0 spiro atoms. The fourth-order valence-corrected chi connectivity index (χ4v) is 4.28. The van der Waals surface area contributed by atoms with Gasteiger partial charge in [-0.25, -0.2) is 18.1 Å². The number of hydrogen-bond donors (Lipinski definition) is 2.